The van der Waals surface area contributed by atoms with Crippen LogP contribution in [-0.2, 0) is 4.74 Å². The summed E-state index contributed by atoms with van der Waals surface area (Å²) in [6.45, 7) is -0.301. The van der Waals surface area contributed by atoms with Crippen LogP contribution >= 0.6 is 0 Å². The van der Waals surface area contributed by atoms with E-state index in [9.17, 15) is 28.2 Å². The molecule has 1 amide bonds. The van der Waals surface area contributed by atoms with Crippen LogP contribution in [0, 0.1) is 0 Å². The number of aliphatic hydroxyl groups excluding tert-OH is 2. The van der Waals surface area contributed by atoms with Gasteiger partial charge in [-0.1, -0.05) is 54.6 Å². The van der Waals surface area contributed by atoms with Gasteiger partial charge in [-0.15, -0.1) is 13.2 Å². The number of fused-ring (bicyclic) bond motifs is 3. The first kappa shape index (κ1) is 24.4. The van der Waals surface area contributed by atoms with Gasteiger partial charge in [0.25, 0.3) is 0 Å². The molecule has 2 atom stereocenters. The summed E-state index contributed by atoms with van der Waals surface area (Å²) < 4.78 is 46.2. The number of amides is 1. The predicted octanol–water partition coefficient (Wildman–Crippen LogP) is 4.10. The molecule has 1 aliphatic carbocycles. The molecule has 184 valence electrons. The number of hydrogen-bond acceptors (Lipinski definition) is 6. The second-order valence-corrected chi connectivity index (χ2v) is 8.06. The van der Waals surface area contributed by atoms with Crippen LogP contribution in [0.5, 0.6) is 5.75 Å². The molecule has 2 unspecified atom stereocenters. The van der Waals surface area contributed by atoms with Gasteiger partial charge >= 0.3 is 12.5 Å². The molecule has 0 aromatic heterocycles. The van der Waals surface area contributed by atoms with Gasteiger partial charge in [0.2, 0.25) is 0 Å². The van der Waals surface area contributed by atoms with Gasteiger partial charge in [0.05, 0.1) is 0 Å². The molecule has 10 heteroatoms. The number of aliphatic hydroxyl groups is 2. The van der Waals surface area contributed by atoms with Crippen molar-refractivity contribution in [1.82, 2.24) is 5.32 Å². The van der Waals surface area contributed by atoms with Crippen molar-refractivity contribution < 1.29 is 37.7 Å². The lowest BCUT2D eigenvalue weighted by molar-refractivity contribution is -0.274. The summed E-state index contributed by atoms with van der Waals surface area (Å²) in [7, 11) is 0. The van der Waals surface area contributed by atoms with Gasteiger partial charge in [-0.2, -0.15) is 0 Å². The summed E-state index contributed by atoms with van der Waals surface area (Å²) in [4.78, 5) is 12.3. The van der Waals surface area contributed by atoms with Crippen LogP contribution in [-0.4, -0.2) is 41.9 Å². The van der Waals surface area contributed by atoms with E-state index in [4.69, 9.17) is 10.5 Å². The first-order valence-electron chi connectivity index (χ1n) is 10.7. The van der Waals surface area contributed by atoms with Crippen LogP contribution < -0.4 is 15.8 Å². The van der Waals surface area contributed by atoms with Gasteiger partial charge in [0, 0.05) is 29.8 Å². The normalized spacial score (nSPS) is 14.5. The lowest BCUT2D eigenvalue weighted by atomic mass is 9.98. The molecule has 0 bridgehead atoms. The van der Waals surface area contributed by atoms with E-state index in [2.05, 4.69) is 10.1 Å². The maximum Gasteiger partial charge on any atom is 0.573 e. The number of benzene rings is 3. The van der Waals surface area contributed by atoms with Crippen molar-refractivity contribution in [3.05, 3.63) is 83.4 Å². The van der Waals surface area contributed by atoms with Gasteiger partial charge in [-0.25, -0.2) is 4.79 Å². The zero-order valence-corrected chi connectivity index (χ0v) is 18.3. The summed E-state index contributed by atoms with van der Waals surface area (Å²) in [5.74, 6) is -0.696. The molecule has 0 radical (unpaired) electrons. The molecule has 0 aliphatic heterocycles. The van der Waals surface area contributed by atoms with Crippen molar-refractivity contribution >= 4 is 11.8 Å². The van der Waals surface area contributed by atoms with Gasteiger partial charge in [0.1, 0.15) is 24.6 Å². The summed E-state index contributed by atoms with van der Waals surface area (Å²) in [6.07, 6.45) is -8.74. The third-order valence-corrected chi connectivity index (χ3v) is 5.77. The minimum Gasteiger partial charge on any atom is -0.449 e. The van der Waals surface area contributed by atoms with Crippen LogP contribution in [0.1, 0.15) is 28.7 Å². The van der Waals surface area contributed by atoms with Gasteiger partial charge in [-0.05, 0) is 28.3 Å². The standard InChI is InChI=1S/C25H23F3N2O5/c26-25(27,28)35-14-9-10-19(21(29)11-14)23(32)22(31)12-30-24(33)34-13-20-17-7-3-1-5-15(17)16-6-2-4-8-18(16)20/h1-11,20,22-23,31-32H,12-13,29H2,(H,30,33). The fourth-order valence-electron chi connectivity index (χ4n) is 4.18. The van der Waals surface area contributed by atoms with Crippen LogP contribution in [0.2, 0.25) is 0 Å². The second-order valence-electron chi connectivity index (χ2n) is 8.06. The van der Waals surface area contributed by atoms with Crippen LogP contribution in [0.3, 0.4) is 0 Å². The van der Waals surface area contributed by atoms with E-state index >= 15 is 0 Å². The number of alkyl halides is 3. The summed E-state index contributed by atoms with van der Waals surface area (Å²) >= 11 is 0. The predicted molar refractivity (Wildman–Crippen MR) is 122 cm³/mol. The van der Waals surface area contributed by atoms with Gasteiger partial charge in [0.15, 0.2) is 0 Å². The molecule has 0 spiro atoms. The summed E-state index contributed by atoms with van der Waals surface area (Å²) in [5, 5.41) is 23.0. The lowest BCUT2D eigenvalue weighted by Gasteiger charge is -2.21. The quantitative estimate of drug-likeness (QED) is 0.373. The average molecular weight is 488 g/mol. The maximum absolute atomic E-state index is 12.3. The topological polar surface area (TPSA) is 114 Å². The monoisotopic (exact) mass is 488 g/mol. The Morgan fingerprint density at radius 3 is 2.17 bits per heavy atom. The smallest absolute Gasteiger partial charge is 0.449 e. The Labute approximate surface area is 198 Å². The molecular formula is C25H23F3N2O5. The van der Waals surface area contributed by atoms with Crippen molar-refractivity contribution in [1.29, 1.82) is 0 Å². The van der Waals surface area contributed by atoms with E-state index in [-0.39, 0.29) is 30.3 Å². The molecule has 0 fully saturated rings. The van der Waals surface area contributed by atoms with Crippen molar-refractivity contribution in [3.8, 4) is 16.9 Å². The molecule has 5 N–H and O–H groups in total. The number of halogens is 3. The van der Waals surface area contributed by atoms with Crippen molar-refractivity contribution in [2.45, 2.75) is 24.5 Å². The number of alkyl carbamates (subject to hydrolysis) is 1. The third-order valence-electron chi connectivity index (χ3n) is 5.77. The van der Waals surface area contributed by atoms with Gasteiger partial charge in [-0.3, -0.25) is 0 Å². The number of nitrogens with one attached hydrogen (secondary N) is 1. The Kier molecular flexibility index (Phi) is 6.86. The van der Waals surface area contributed by atoms with Crippen molar-refractivity contribution in [3.63, 3.8) is 0 Å². The van der Waals surface area contributed by atoms with Gasteiger partial charge < -0.3 is 30.7 Å². The summed E-state index contributed by atoms with van der Waals surface area (Å²) in [5.41, 5.74) is 9.74. The molecule has 0 saturated carbocycles. The van der Waals surface area contributed by atoms with Crippen molar-refractivity contribution in [2.75, 3.05) is 18.9 Å². The molecule has 7 nitrogen and oxygen atoms in total. The number of ether oxygens (including phenoxy) is 2. The fourth-order valence-corrected chi connectivity index (χ4v) is 4.18. The number of rotatable bonds is 7. The zero-order chi connectivity index (χ0) is 25.2. The molecule has 3 aromatic rings. The summed E-state index contributed by atoms with van der Waals surface area (Å²) in [6, 6.07) is 18.7. The maximum atomic E-state index is 12.3. The van der Waals surface area contributed by atoms with E-state index in [1.165, 1.54) is 0 Å². The molecule has 1 aliphatic rings. The van der Waals surface area contributed by atoms with E-state index in [0.29, 0.717) is 0 Å². The van der Waals surface area contributed by atoms with Crippen LogP contribution in [0.25, 0.3) is 11.1 Å². The molecule has 3 aromatic carbocycles. The number of carbonyl (C=O) groups excluding carboxylic acids is 1. The minimum atomic E-state index is -4.89. The molecular weight excluding hydrogens is 465 g/mol. The van der Waals surface area contributed by atoms with E-state index in [0.717, 1.165) is 40.5 Å². The largest absolute Gasteiger partial charge is 0.573 e. The average Bonchev–Trinajstić information content (AvgIpc) is 3.13. The van der Waals surface area contributed by atoms with E-state index in [1.54, 1.807) is 0 Å². The van der Waals surface area contributed by atoms with Crippen molar-refractivity contribution in [2.24, 2.45) is 0 Å². The first-order chi connectivity index (χ1) is 16.6. The Hall–Kier alpha value is -3.76. The first-order valence-corrected chi connectivity index (χ1v) is 10.7. The zero-order valence-electron chi connectivity index (χ0n) is 18.3. The second kappa shape index (κ2) is 9.85. The minimum absolute atomic E-state index is 0.0126. The Balaban J connectivity index is 1.32. The number of nitrogen functional groups attached to an aromatic ring is 1. The Bertz CT molecular complexity index is 1170. The highest BCUT2D eigenvalue weighted by Crippen LogP contribution is 2.44. The molecule has 0 saturated heterocycles. The van der Waals surface area contributed by atoms with E-state index in [1.807, 2.05) is 48.5 Å². The number of anilines is 1. The SMILES string of the molecule is Nc1cc(OC(F)(F)F)ccc1C(O)C(O)CNC(=O)OCC1c2ccccc2-c2ccccc21. The highest BCUT2D eigenvalue weighted by molar-refractivity contribution is 5.79. The highest BCUT2D eigenvalue weighted by atomic mass is 19.4. The number of hydrogen-bond donors (Lipinski definition) is 4. The fraction of sp³-hybridized carbons (Fsp3) is 0.240. The molecule has 4 rings (SSSR count). The highest BCUT2D eigenvalue weighted by Gasteiger charge is 2.32. The Morgan fingerprint density at radius 1 is 1.00 bits per heavy atom. The number of carbonyl (C=O) groups is 1. The van der Waals surface area contributed by atoms with Crippen LogP contribution in [0.15, 0.2) is 66.7 Å². The lowest BCUT2D eigenvalue weighted by Crippen LogP contribution is -2.36. The Morgan fingerprint density at radius 2 is 1.60 bits per heavy atom. The third kappa shape index (κ3) is 5.50. The van der Waals surface area contributed by atoms with E-state index < -0.39 is 30.4 Å². The molecule has 35 heavy (non-hydrogen) atoms. The number of nitrogens with two attached hydrogens (primary N) is 1. The molecule has 0 heterocycles. The van der Waals surface area contributed by atoms with Crippen LogP contribution in [0.4, 0.5) is 23.7 Å².